The minimum atomic E-state index is -0.415. The van der Waals surface area contributed by atoms with Crippen LogP contribution in [0.5, 0.6) is 5.75 Å². The number of hydrogen-bond acceptors (Lipinski definition) is 4. The largest absolute Gasteiger partial charge is 0.427 e. The number of aromatic amines is 1. The number of nitrogens with zero attached hydrogens (tertiary/aromatic N) is 1. The molecule has 3 rings (SSSR count). The fourth-order valence-electron chi connectivity index (χ4n) is 2.43. The molecule has 1 N–H and O–H groups in total. The average Bonchev–Trinajstić information content (AvgIpc) is 3.30. The maximum absolute atomic E-state index is 12.1. The van der Waals surface area contributed by atoms with E-state index in [1.807, 2.05) is 12.1 Å². The third-order valence-corrected chi connectivity index (χ3v) is 3.59. The Kier molecular flexibility index (Phi) is 3.51. The number of carbonyl (C=O) groups is 1. The van der Waals surface area contributed by atoms with Crippen LogP contribution in [0.15, 0.2) is 35.1 Å². The predicted octanol–water partition coefficient (Wildman–Crippen LogP) is 2.72. The Balaban J connectivity index is 2.12. The molecule has 1 aliphatic carbocycles. The van der Waals surface area contributed by atoms with Crippen molar-refractivity contribution in [3.63, 3.8) is 0 Å². The molecule has 5 nitrogen and oxygen atoms in total. The van der Waals surface area contributed by atoms with Gasteiger partial charge in [0.25, 0.3) is 5.56 Å². The first-order valence-electron chi connectivity index (χ1n) is 7.04. The zero-order chi connectivity index (χ0) is 15.7. The average molecular weight is 294 g/mol. The molecule has 2 aromatic rings. The Morgan fingerprint density at radius 1 is 1.36 bits per heavy atom. The molecule has 0 spiro atoms. The van der Waals surface area contributed by atoms with Gasteiger partial charge in [0.2, 0.25) is 0 Å². The highest BCUT2D eigenvalue weighted by atomic mass is 16.5. The zero-order valence-corrected chi connectivity index (χ0v) is 12.1. The second kappa shape index (κ2) is 5.49. The van der Waals surface area contributed by atoms with Gasteiger partial charge in [0.15, 0.2) is 0 Å². The Morgan fingerprint density at radius 3 is 2.77 bits per heavy atom. The van der Waals surface area contributed by atoms with Gasteiger partial charge in [-0.25, -0.2) is 0 Å². The maximum atomic E-state index is 12.1. The van der Waals surface area contributed by atoms with E-state index in [2.05, 4.69) is 4.98 Å². The van der Waals surface area contributed by atoms with E-state index >= 15 is 0 Å². The van der Waals surface area contributed by atoms with Crippen molar-refractivity contribution < 1.29 is 9.53 Å². The fourth-order valence-corrected chi connectivity index (χ4v) is 2.43. The van der Waals surface area contributed by atoms with Crippen molar-refractivity contribution in [3.05, 3.63) is 51.9 Å². The lowest BCUT2D eigenvalue weighted by atomic mass is 10.00. The van der Waals surface area contributed by atoms with Crippen molar-refractivity contribution in [2.24, 2.45) is 0 Å². The van der Waals surface area contributed by atoms with Crippen LogP contribution in [0.1, 0.15) is 36.9 Å². The number of pyridine rings is 1. The molecule has 1 saturated carbocycles. The maximum Gasteiger partial charge on any atom is 0.308 e. The second-order valence-corrected chi connectivity index (χ2v) is 5.35. The molecular weight excluding hydrogens is 280 g/mol. The lowest BCUT2D eigenvalue weighted by molar-refractivity contribution is -0.131. The van der Waals surface area contributed by atoms with Crippen LogP contribution in [-0.2, 0) is 4.79 Å². The molecule has 110 valence electrons. The van der Waals surface area contributed by atoms with Gasteiger partial charge in [-0.3, -0.25) is 9.59 Å². The van der Waals surface area contributed by atoms with E-state index in [1.165, 1.54) is 6.92 Å². The van der Waals surface area contributed by atoms with Crippen LogP contribution in [0.2, 0.25) is 0 Å². The smallest absolute Gasteiger partial charge is 0.308 e. The molecule has 0 radical (unpaired) electrons. The monoisotopic (exact) mass is 294 g/mol. The molecule has 0 bridgehead atoms. The van der Waals surface area contributed by atoms with Crippen LogP contribution in [0.3, 0.4) is 0 Å². The van der Waals surface area contributed by atoms with E-state index in [1.54, 1.807) is 24.3 Å². The summed E-state index contributed by atoms with van der Waals surface area (Å²) in [4.78, 5) is 25.9. The summed E-state index contributed by atoms with van der Waals surface area (Å²) in [5.41, 5.74) is 1.81. The predicted molar refractivity (Wildman–Crippen MR) is 80.5 cm³/mol. The number of carbonyl (C=O) groups excluding carboxylic acids is 1. The summed E-state index contributed by atoms with van der Waals surface area (Å²) in [5.74, 6) is 0.347. The van der Waals surface area contributed by atoms with E-state index < -0.39 is 5.97 Å². The van der Waals surface area contributed by atoms with Gasteiger partial charge in [-0.05, 0) is 42.5 Å². The van der Waals surface area contributed by atoms with Gasteiger partial charge < -0.3 is 9.72 Å². The van der Waals surface area contributed by atoms with Crippen LogP contribution in [0.4, 0.5) is 0 Å². The van der Waals surface area contributed by atoms with Gasteiger partial charge in [-0.2, -0.15) is 5.26 Å². The first-order chi connectivity index (χ1) is 10.6. The molecule has 0 atom stereocenters. The summed E-state index contributed by atoms with van der Waals surface area (Å²) in [7, 11) is 0. The summed E-state index contributed by atoms with van der Waals surface area (Å²) >= 11 is 0. The molecule has 0 aliphatic heterocycles. The highest BCUT2D eigenvalue weighted by Gasteiger charge is 2.26. The number of H-pyrrole nitrogens is 1. The number of nitrogens with one attached hydrogen (secondary N) is 1. The van der Waals surface area contributed by atoms with Crippen LogP contribution in [0, 0.1) is 11.3 Å². The fraction of sp³-hybridized carbons (Fsp3) is 0.235. The molecule has 0 unspecified atom stereocenters. The highest BCUT2D eigenvalue weighted by Crippen LogP contribution is 2.40. The molecule has 1 aliphatic rings. The SMILES string of the molecule is CC(=O)Oc1cccc(-c2cc(C3CC3)[nH]c(=O)c2C#N)c1. The third kappa shape index (κ3) is 2.77. The Bertz CT molecular complexity index is 842. The van der Waals surface area contributed by atoms with Crippen molar-refractivity contribution in [2.45, 2.75) is 25.7 Å². The number of rotatable bonds is 3. The van der Waals surface area contributed by atoms with Gasteiger partial charge in [0.1, 0.15) is 17.4 Å². The molecule has 1 fully saturated rings. The topological polar surface area (TPSA) is 83.0 Å². The van der Waals surface area contributed by atoms with Crippen LogP contribution in [0.25, 0.3) is 11.1 Å². The third-order valence-electron chi connectivity index (χ3n) is 3.59. The van der Waals surface area contributed by atoms with E-state index in [4.69, 9.17) is 4.74 Å². The quantitative estimate of drug-likeness (QED) is 0.697. The lowest BCUT2D eigenvalue weighted by Gasteiger charge is -2.09. The van der Waals surface area contributed by atoms with Gasteiger partial charge in [0.05, 0.1) is 0 Å². The van der Waals surface area contributed by atoms with E-state index in [-0.39, 0.29) is 11.1 Å². The number of aromatic nitrogens is 1. The lowest BCUT2D eigenvalue weighted by Crippen LogP contribution is -2.14. The Labute approximate surface area is 127 Å². The molecule has 1 heterocycles. The van der Waals surface area contributed by atoms with Gasteiger partial charge in [0, 0.05) is 18.2 Å². The van der Waals surface area contributed by atoms with Crippen LogP contribution < -0.4 is 10.3 Å². The normalized spacial score (nSPS) is 13.5. The molecule has 1 aromatic heterocycles. The van der Waals surface area contributed by atoms with Gasteiger partial charge in [-0.1, -0.05) is 12.1 Å². The summed E-state index contributed by atoms with van der Waals surface area (Å²) in [6, 6.07) is 10.6. The van der Waals surface area contributed by atoms with Gasteiger partial charge in [-0.15, -0.1) is 0 Å². The molecular formula is C17H14N2O3. The Hall–Kier alpha value is -2.87. The molecule has 22 heavy (non-hydrogen) atoms. The molecule has 0 saturated heterocycles. The first kappa shape index (κ1) is 14.1. The summed E-state index contributed by atoms with van der Waals surface area (Å²) in [6.45, 7) is 1.33. The number of esters is 1. The number of hydrogen-bond donors (Lipinski definition) is 1. The van der Waals surface area contributed by atoms with Crippen molar-refractivity contribution in [1.82, 2.24) is 4.98 Å². The minimum absolute atomic E-state index is 0.0735. The van der Waals surface area contributed by atoms with Crippen molar-refractivity contribution in [1.29, 1.82) is 5.26 Å². The minimum Gasteiger partial charge on any atom is -0.427 e. The van der Waals surface area contributed by atoms with Crippen molar-refractivity contribution in [2.75, 3.05) is 0 Å². The van der Waals surface area contributed by atoms with E-state index in [9.17, 15) is 14.9 Å². The summed E-state index contributed by atoms with van der Waals surface area (Å²) < 4.78 is 5.06. The number of ether oxygens (including phenoxy) is 1. The Morgan fingerprint density at radius 2 is 2.14 bits per heavy atom. The summed E-state index contributed by atoms with van der Waals surface area (Å²) in [5, 5.41) is 9.27. The van der Waals surface area contributed by atoms with E-state index in [0.29, 0.717) is 22.8 Å². The van der Waals surface area contributed by atoms with Crippen molar-refractivity contribution in [3.8, 4) is 22.9 Å². The number of nitriles is 1. The first-order valence-corrected chi connectivity index (χ1v) is 7.04. The molecule has 1 aromatic carbocycles. The highest BCUT2D eigenvalue weighted by molar-refractivity contribution is 5.74. The summed E-state index contributed by atoms with van der Waals surface area (Å²) in [6.07, 6.45) is 2.10. The number of benzene rings is 1. The standard InChI is InChI=1S/C17H14N2O3/c1-10(20)22-13-4-2-3-12(7-13)14-8-16(11-5-6-11)19-17(21)15(14)9-18/h2-4,7-8,11H,5-6H2,1H3,(H,19,21). The van der Waals surface area contributed by atoms with Crippen LogP contribution in [-0.4, -0.2) is 11.0 Å². The zero-order valence-electron chi connectivity index (χ0n) is 12.1. The van der Waals surface area contributed by atoms with Gasteiger partial charge >= 0.3 is 5.97 Å². The van der Waals surface area contributed by atoms with Crippen LogP contribution >= 0.6 is 0 Å². The van der Waals surface area contributed by atoms with E-state index in [0.717, 1.165) is 18.5 Å². The molecule has 5 heteroatoms. The van der Waals surface area contributed by atoms with Crippen molar-refractivity contribution >= 4 is 5.97 Å². The molecule has 0 amide bonds. The second-order valence-electron chi connectivity index (χ2n) is 5.35.